The number of fused-ring (bicyclic) bond motifs is 1. The molecular weight excluding hydrogens is 224 g/mol. The van der Waals surface area contributed by atoms with Gasteiger partial charge in [0.1, 0.15) is 5.52 Å². The van der Waals surface area contributed by atoms with Crippen molar-refractivity contribution in [3.8, 4) is 0 Å². The lowest BCUT2D eigenvalue weighted by Crippen LogP contribution is -2.31. The molecule has 0 spiro atoms. The molecule has 0 fully saturated rings. The van der Waals surface area contributed by atoms with E-state index in [1.54, 1.807) is 16.9 Å². The molecule has 0 aliphatic carbocycles. The Morgan fingerprint density at radius 3 is 3.00 bits per heavy atom. The Balaban J connectivity index is 2.30. The van der Waals surface area contributed by atoms with Crippen molar-refractivity contribution in [2.75, 3.05) is 11.2 Å². The van der Waals surface area contributed by atoms with Crippen molar-refractivity contribution in [3.63, 3.8) is 0 Å². The van der Waals surface area contributed by atoms with Crippen LogP contribution in [0.3, 0.4) is 0 Å². The third kappa shape index (κ3) is 2.27. The van der Waals surface area contributed by atoms with Crippen LogP contribution in [0, 0.1) is 0 Å². The van der Waals surface area contributed by atoms with E-state index in [2.05, 4.69) is 29.2 Å². The minimum atomic E-state index is -0.0686. The highest BCUT2D eigenvalue weighted by atomic mass is 35.5. The summed E-state index contributed by atoms with van der Waals surface area (Å²) in [5, 5.41) is 7.56. The maximum atomic E-state index is 5.77. The molecule has 0 amide bonds. The average molecular weight is 239 g/mol. The lowest BCUT2D eigenvalue weighted by Gasteiger charge is -2.26. The third-order valence-electron chi connectivity index (χ3n) is 2.50. The quantitative estimate of drug-likeness (QED) is 0.833. The van der Waals surface area contributed by atoms with E-state index < -0.39 is 0 Å². The molecule has 0 bridgehead atoms. The van der Waals surface area contributed by atoms with Crippen LogP contribution in [0.5, 0.6) is 0 Å². The van der Waals surface area contributed by atoms with Gasteiger partial charge in [0.25, 0.3) is 0 Å². The molecule has 1 N–H and O–H groups in total. The van der Waals surface area contributed by atoms with Gasteiger partial charge < -0.3 is 5.32 Å². The number of nitrogens with zero attached hydrogens (tertiary/aromatic N) is 3. The highest BCUT2D eigenvalue weighted by molar-refractivity contribution is 6.17. The van der Waals surface area contributed by atoms with Crippen molar-refractivity contribution < 1.29 is 0 Å². The predicted molar refractivity (Wildman–Crippen MR) is 66.0 cm³/mol. The fourth-order valence-corrected chi connectivity index (χ4v) is 2.05. The van der Waals surface area contributed by atoms with E-state index in [1.165, 1.54) is 0 Å². The minimum Gasteiger partial charge on any atom is -0.363 e. The summed E-state index contributed by atoms with van der Waals surface area (Å²) >= 11 is 5.77. The third-order valence-corrected chi connectivity index (χ3v) is 2.69. The largest absolute Gasteiger partial charge is 0.363 e. The smallest absolute Gasteiger partial charge is 0.152 e. The number of hydrogen-bond acceptors (Lipinski definition) is 3. The molecule has 5 heteroatoms. The molecule has 0 aliphatic rings. The van der Waals surface area contributed by atoms with Gasteiger partial charge in [-0.3, -0.25) is 0 Å². The summed E-state index contributed by atoms with van der Waals surface area (Å²) in [7, 11) is 0. The standard InChI is InChI=1S/C11H15ClN4/c1-11(2,4-5-12)15-10-9-3-6-14-16(9)8-7-13-10/h3,6-8H,4-5H2,1-2H3,(H,13,15). The molecule has 0 aliphatic heterocycles. The molecule has 0 saturated heterocycles. The Labute approximate surface area is 99.6 Å². The maximum Gasteiger partial charge on any atom is 0.152 e. The number of rotatable bonds is 4. The first-order valence-electron chi connectivity index (χ1n) is 5.25. The Kier molecular flexibility index (Phi) is 3.01. The van der Waals surface area contributed by atoms with Gasteiger partial charge in [-0.1, -0.05) is 0 Å². The molecule has 0 saturated carbocycles. The van der Waals surface area contributed by atoms with Crippen LogP contribution in [0.4, 0.5) is 5.82 Å². The van der Waals surface area contributed by atoms with Crippen molar-refractivity contribution in [1.29, 1.82) is 0 Å². The van der Waals surface area contributed by atoms with Gasteiger partial charge in [0.15, 0.2) is 5.82 Å². The molecule has 0 aromatic carbocycles. The van der Waals surface area contributed by atoms with Crippen molar-refractivity contribution >= 4 is 22.9 Å². The molecule has 2 aromatic heterocycles. The van der Waals surface area contributed by atoms with Crippen LogP contribution in [-0.4, -0.2) is 26.0 Å². The summed E-state index contributed by atoms with van der Waals surface area (Å²) in [6.45, 7) is 4.22. The molecule has 4 nitrogen and oxygen atoms in total. The Bertz CT molecular complexity index is 478. The first-order valence-corrected chi connectivity index (χ1v) is 5.78. The average Bonchev–Trinajstić information content (AvgIpc) is 2.65. The van der Waals surface area contributed by atoms with Gasteiger partial charge in [-0.15, -0.1) is 11.6 Å². The van der Waals surface area contributed by atoms with Gasteiger partial charge in [-0.2, -0.15) is 5.10 Å². The molecule has 16 heavy (non-hydrogen) atoms. The highest BCUT2D eigenvalue weighted by Gasteiger charge is 2.18. The van der Waals surface area contributed by atoms with Gasteiger partial charge in [0.2, 0.25) is 0 Å². The molecule has 86 valence electrons. The summed E-state index contributed by atoms with van der Waals surface area (Å²) in [5.74, 6) is 1.47. The van der Waals surface area contributed by atoms with Gasteiger partial charge in [0, 0.05) is 23.8 Å². The van der Waals surface area contributed by atoms with Crippen molar-refractivity contribution in [2.24, 2.45) is 0 Å². The second-order valence-electron chi connectivity index (χ2n) is 4.38. The molecule has 0 atom stereocenters. The van der Waals surface area contributed by atoms with Crippen LogP contribution >= 0.6 is 11.6 Å². The summed E-state index contributed by atoms with van der Waals surface area (Å²) in [6, 6.07) is 1.94. The highest BCUT2D eigenvalue weighted by Crippen LogP contribution is 2.20. The van der Waals surface area contributed by atoms with Crippen LogP contribution in [-0.2, 0) is 0 Å². The molecule has 0 unspecified atom stereocenters. The van der Waals surface area contributed by atoms with E-state index in [4.69, 9.17) is 11.6 Å². The number of hydrogen-bond donors (Lipinski definition) is 1. The lowest BCUT2D eigenvalue weighted by molar-refractivity contribution is 0.548. The van der Waals surface area contributed by atoms with E-state index in [1.807, 2.05) is 12.3 Å². The number of anilines is 1. The molecule has 2 heterocycles. The van der Waals surface area contributed by atoms with Crippen molar-refractivity contribution in [1.82, 2.24) is 14.6 Å². The molecule has 2 aromatic rings. The second-order valence-corrected chi connectivity index (χ2v) is 4.76. The van der Waals surface area contributed by atoms with E-state index in [-0.39, 0.29) is 5.54 Å². The number of aromatic nitrogens is 3. The molecular formula is C11H15ClN4. The van der Waals surface area contributed by atoms with Gasteiger partial charge in [-0.25, -0.2) is 9.50 Å². The van der Waals surface area contributed by atoms with Crippen LogP contribution in [0.15, 0.2) is 24.7 Å². The van der Waals surface area contributed by atoms with E-state index in [0.717, 1.165) is 17.8 Å². The zero-order valence-electron chi connectivity index (χ0n) is 9.44. The summed E-state index contributed by atoms with van der Waals surface area (Å²) in [5.41, 5.74) is 0.908. The molecule has 2 rings (SSSR count). The molecule has 0 radical (unpaired) electrons. The van der Waals surface area contributed by atoms with E-state index in [9.17, 15) is 0 Å². The Morgan fingerprint density at radius 2 is 2.25 bits per heavy atom. The minimum absolute atomic E-state index is 0.0686. The first-order chi connectivity index (χ1) is 7.62. The SMILES string of the molecule is CC(C)(CCCl)Nc1nccn2nccc12. The number of alkyl halides is 1. The van der Waals surface area contributed by atoms with E-state index in [0.29, 0.717) is 5.88 Å². The Hall–Kier alpha value is -1.29. The first kappa shape index (κ1) is 11.2. The van der Waals surface area contributed by atoms with Crippen molar-refractivity contribution in [3.05, 3.63) is 24.7 Å². The maximum absolute atomic E-state index is 5.77. The summed E-state index contributed by atoms with van der Waals surface area (Å²) in [4.78, 5) is 4.33. The summed E-state index contributed by atoms with van der Waals surface area (Å²) < 4.78 is 1.80. The van der Waals surface area contributed by atoms with E-state index >= 15 is 0 Å². The second kappa shape index (κ2) is 4.29. The van der Waals surface area contributed by atoms with Gasteiger partial charge >= 0.3 is 0 Å². The Morgan fingerprint density at radius 1 is 1.44 bits per heavy atom. The van der Waals surface area contributed by atoms with Crippen LogP contribution < -0.4 is 5.32 Å². The normalized spacial score (nSPS) is 11.9. The zero-order valence-corrected chi connectivity index (χ0v) is 10.2. The van der Waals surface area contributed by atoms with Crippen LogP contribution in [0.2, 0.25) is 0 Å². The fraction of sp³-hybridized carbons (Fsp3) is 0.455. The summed E-state index contributed by atoms with van der Waals surface area (Å²) in [6.07, 6.45) is 6.20. The monoisotopic (exact) mass is 238 g/mol. The van der Waals surface area contributed by atoms with Gasteiger partial charge in [-0.05, 0) is 26.3 Å². The number of halogens is 1. The zero-order chi connectivity index (χ0) is 11.6. The van der Waals surface area contributed by atoms with Crippen LogP contribution in [0.1, 0.15) is 20.3 Å². The topological polar surface area (TPSA) is 42.2 Å². The lowest BCUT2D eigenvalue weighted by atomic mass is 10.0. The van der Waals surface area contributed by atoms with Crippen LogP contribution in [0.25, 0.3) is 5.52 Å². The van der Waals surface area contributed by atoms with Crippen molar-refractivity contribution in [2.45, 2.75) is 25.8 Å². The van der Waals surface area contributed by atoms with Gasteiger partial charge in [0.05, 0.1) is 6.20 Å². The predicted octanol–water partition coefficient (Wildman–Crippen LogP) is 2.55. The number of nitrogens with one attached hydrogen (secondary N) is 1. The fourth-order valence-electron chi connectivity index (χ4n) is 1.57.